The van der Waals surface area contributed by atoms with Crippen LogP contribution in [0.15, 0.2) is 60.8 Å². The number of fused-ring (bicyclic) bond motifs is 2. The first-order valence-electron chi connectivity index (χ1n) is 11.3. The van der Waals surface area contributed by atoms with E-state index in [4.69, 9.17) is 4.74 Å². The first-order valence-corrected chi connectivity index (χ1v) is 11.3. The molecule has 2 atom stereocenters. The van der Waals surface area contributed by atoms with Crippen molar-refractivity contribution in [2.24, 2.45) is 0 Å². The number of pyridine rings is 1. The fourth-order valence-corrected chi connectivity index (χ4v) is 4.99. The predicted octanol–water partition coefficient (Wildman–Crippen LogP) is 4.26. The van der Waals surface area contributed by atoms with Gasteiger partial charge in [-0.1, -0.05) is 36.4 Å². The molecular weight excluding hydrogens is 402 g/mol. The molecule has 0 radical (unpaired) electrons. The van der Waals surface area contributed by atoms with Crippen molar-refractivity contribution in [1.29, 1.82) is 0 Å². The highest BCUT2D eigenvalue weighted by molar-refractivity contribution is 6.05. The van der Waals surface area contributed by atoms with Gasteiger partial charge in [0.2, 0.25) is 5.91 Å². The minimum atomic E-state index is -0.469. The molecule has 2 amide bonds. The molecule has 6 heteroatoms. The lowest BCUT2D eigenvalue weighted by Gasteiger charge is -2.42. The Morgan fingerprint density at radius 3 is 2.88 bits per heavy atom. The molecule has 3 aromatic rings. The fourth-order valence-electron chi connectivity index (χ4n) is 4.99. The molecule has 2 aliphatic rings. The molecule has 1 N–H and O–H groups in total. The Morgan fingerprint density at radius 2 is 2.00 bits per heavy atom. The van der Waals surface area contributed by atoms with Crippen LogP contribution in [0.3, 0.4) is 0 Å². The average Bonchev–Trinajstić information content (AvgIpc) is 2.97. The van der Waals surface area contributed by atoms with Gasteiger partial charge in [0.25, 0.3) is 5.91 Å². The number of nitrogens with one attached hydrogen (secondary N) is 1. The summed E-state index contributed by atoms with van der Waals surface area (Å²) in [7, 11) is 0. The molecule has 1 aromatic heterocycles. The second kappa shape index (κ2) is 8.26. The molecule has 6 nitrogen and oxygen atoms in total. The average molecular weight is 430 g/mol. The largest absolute Gasteiger partial charge is 0.487 e. The zero-order valence-corrected chi connectivity index (χ0v) is 18.2. The highest BCUT2D eigenvalue weighted by Gasteiger charge is 2.43. The quantitative estimate of drug-likeness (QED) is 0.675. The second-order valence-corrected chi connectivity index (χ2v) is 8.66. The van der Waals surface area contributed by atoms with E-state index in [9.17, 15) is 9.59 Å². The van der Waals surface area contributed by atoms with Gasteiger partial charge in [-0.2, -0.15) is 0 Å². The van der Waals surface area contributed by atoms with Gasteiger partial charge in [0.1, 0.15) is 11.4 Å². The van der Waals surface area contributed by atoms with Gasteiger partial charge in [0.05, 0.1) is 17.1 Å². The molecule has 1 fully saturated rings. The Labute approximate surface area is 187 Å². The van der Waals surface area contributed by atoms with Crippen LogP contribution < -0.4 is 10.1 Å². The van der Waals surface area contributed by atoms with Crippen LogP contribution in [-0.4, -0.2) is 40.4 Å². The third-order valence-corrected chi connectivity index (χ3v) is 6.75. The van der Waals surface area contributed by atoms with Crippen LogP contribution in [0, 0.1) is 0 Å². The third kappa shape index (κ3) is 3.70. The van der Waals surface area contributed by atoms with Crippen molar-refractivity contribution in [1.82, 2.24) is 15.2 Å². The summed E-state index contributed by atoms with van der Waals surface area (Å²) in [6, 6.07) is 17.2. The number of nitrogens with zero attached hydrogens (tertiary/aromatic N) is 2. The number of hydrogen-bond donors (Lipinski definition) is 1. The molecule has 3 heterocycles. The molecule has 0 unspecified atom stereocenters. The Hall–Kier alpha value is -3.41. The molecule has 0 aliphatic carbocycles. The van der Waals surface area contributed by atoms with E-state index in [-0.39, 0.29) is 17.9 Å². The summed E-state index contributed by atoms with van der Waals surface area (Å²) >= 11 is 0. The van der Waals surface area contributed by atoms with Crippen molar-refractivity contribution in [3.8, 4) is 5.75 Å². The van der Waals surface area contributed by atoms with Gasteiger partial charge < -0.3 is 15.0 Å². The van der Waals surface area contributed by atoms with Crippen molar-refractivity contribution >= 4 is 22.7 Å². The Balaban J connectivity index is 1.46. The lowest BCUT2D eigenvalue weighted by molar-refractivity contribution is -0.130. The zero-order chi connectivity index (χ0) is 22.1. The van der Waals surface area contributed by atoms with Gasteiger partial charge in [-0.15, -0.1) is 0 Å². The maximum absolute atomic E-state index is 13.4. The molecule has 32 heavy (non-hydrogen) atoms. The third-order valence-electron chi connectivity index (χ3n) is 6.75. The minimum Gasteiger partial charge on any atom is -0.487 e. The van der Waals surface area contributed by atoms with E-state index >= 15 is 0 Å². The van der Waals surface area contributed by atoms with E-state index in [1.165, 1.54) is 0 Å². The second-order valence-electron chi connectivity index (χ2n) is 8.66. The van der Waals surface area contributed by atoms with Crippen LogP contribution in [-0.2, 0) is 4.79 Å². The van der Waals surface area contributed by atoms with E-state index in [1.54, 1.807) is 6.20 Å². The lowest BCUT2D eigenvalue weighted by atomic mass is 9.82. The van der Waals surface area contributed by atoms with Gasteiger partial charge in [-0.05, 0) is 31.5 Å². The summed E-state index contributed by atoms with van der Waals surface area (Å²) in [6.45, 7) is 3.39. The van der Waals surface area contributed by atoms with Crippen molar-refractivity contribution < 1.29 is 14.3 Å². The molecule has 2 aliphatic heterocycles. The van der Waals surface area contributed by atoms with E-state index in [0.29, 0.717) is 43.4 Å². The number of carbonyl (C=O) groups excluding carboxylic acids is 2. The molecule has 2 aromatic carbocycles. The van der Waals surface area contributed by atoms with Gasteiger partial charge in [-0.3, -0.25) is 14.6 Å². The Morgan fingerprint density at radius 1 is 1.16 bits per heavy atom. The Kier molecular flexibility index (Phi) is 5.29. The molecule has 1 spiro atoms. The monoisotopic (exact) mass is 429 g/mol. The number of aromatic nitrogens is 1. The number of rotatable bonds is 3. The van der Waals surface area contributed by atoms with Crippen LogP contribution in [0.1, 0.15) is 54.6 Å². The summed E-state index contributed by atoms with van der Waals surface area (Å²) < 4.78 is 6.53. The molecule has 1 saturated heterocycles. The Bertz CT molecular complexity index is 1170. The SMILES string of the molecule is CCN1CC[C@@]2(CCC1=O)C[C@H](NC(=O)c1cccc3cccnc13)c1ccccc1O2. The number of likely N-dealkylation sites (tertiary alicyclic amines) is 1. The normalized spacial score (nSPS) is 22.8. The molecular formula is C26H27N3O3. The van der Waals surface area contributed by atoms with E-state index in [2.05, 4.69) is 10.3 Å². The summed E-state index contributed by atoms with van der Waals surface area (Å²) in [6.07, 6.45) is 4.21. The molecule has 0 bridgehead atoms. The topological polar surface area (TPSA) is 71.5 Å². The van der Waals surface area contributed by atoms with Crippen molar-refractivity contribution in [2.75, 3.05) is 13.1 Å². The van der Waals surface area contributed by atoms with E-state index in [0.717, 1.165) is 23.1 Å². The summed E-state index contributed by atoms with van der Waals surface area (Å²) in [5.74, 6) is 0.817. The van der Waals surface area contributed by atoms with Crippen molar-refractivity contribution in [3.63, 3.8) is 0 Å². The number of ether oxygens (including phenoxy) is 1. The molecule has 164 valence electrons. The first-order chi connectivity index (χ1) is 15.6. The van der Waals surface area contributed by atoms with Gasteiger partial charge in [-0.25, -0.2) is 0 Å². The van der Waals surface area contributed by atoms with E-state index < -0.39 is 5.60 Å². The summed E-state index contributed by atoms with van der Waals surface area (Å²) in [5, 5.41) is 4.19. The van der Waals surface area contributed by atoms with Crippen molar-refractivity contribution in [2.45, 2.75) is 44.2 Å². The summed E-state index contributed by atoms with van der Waals surface area (Å²) in [4.78, 5) is 32.2. The first kappa shape index (κ1) is 20.5. The number of amides is 2. The van der Waals surface area contributed by atoms with Crippen LogP contribution in [0.25, 0.3) is 10.9 Å². The van der Waals surface area contributed by atoms with E-state index in [1.807, 2.05) is 66.4 Å². The number of hydrogen-bond acceptors (Lipinski definition) is 4. The van der Waals surface area contributed by atoms with Gasteiger partial charge >= 0.3 is 0 Å². The van der Waals surface area contributed by atoms with Gasteiger partial charge in [0, 0.05) is 49.5 Å². The lowest BCUT2D eigenvalue weighted by Crippen LogP contribution is -2.46. The predicted molar refractivity (Wildman–Crippen MR) is 122 cm³/mol. The standard InChI is InChI=1S/C26H27N3O3/c1-2-29-16-14-26(13-12-23(29)30)17-21(19-9-3-4-11-22(19)32-26)28-25(31)20-10-5-7-18-8-6-15-27-24(18)20/h3-11,15,21H,2,12-14,16-17H2,1H3,(H,28,31)/t21-,26-/m0/s1. The van der Waals surface area contributed by atoms with Crippen LogP contribution in [0.2, 0.25) is 0 Å². The number of benzene rings is 2. The maximum Gasteiger partial charge on any atom is 0.253 e. The van der Waals surface area contributed by atoms with Crippen LogP contribution in [0.5, 0.6) is 5.75 Å². The minimum absolute atomic E-state index is 0.147. The molecule has 5 rings (SSSR count). The number of para-hydroxylation sites is 2. The maximum atomic E-state index is 13.4. The molecule has 0 saturated carbocycles. The summed E-state index contributed by atoms with van der Waals surface area (Å²) in [5.41, 5.74) is 1.77. The zero-order valence-electron chi connectivity index (χ0n) is 18.2. The van der Waals surface area contributed by atoms with Gasteiger partial charge in [0.15, 0.2) is 0 Å². The smallest absolute Gasteiger partial charge is 0.253 e. The van der Waals surface area contributed by atoms with Crippen LogP contribution >= 0.6 is 0 Å². The van der Waals surface area contributed by atoms with Crippen LogP contribution in [0.4, 0.5) is 0 Å². The number of carbonyl (C=O) groups is 2. The highest BCUT2D eigenvalue weighted by Crippen LogP contribution is 2.44. The van der Waals surface area contributed by atoms with Crippen molar-refractivity contribution in [3.05, 3.63) is 71.9 Å². The highest BCUT2D eigenvalue weighted by atomic mass is 16.5. The fraction of sp³-hybridized carbons (Fsp3) is 0.346.